The quantitative estimate of drug-likeness (QED) is 0.820. The number of hydrogen-bond donors (Lipinski definition) is 1. The van der Waals surface area contributed by atoms with E-state index in [1.54, 1.807) is 0 Å². The zero-order valence-electron chi connectivity index (χ0n) is 9.86. The van der Waals surface area contributed by atoms with Gasteiger partial charge in [-0.2, -0.15) is 0 Å². The summed E-state index contributed by atoms with van der Waals surface area (Å²) in [5.74, 6) is 0.647. The largest absolute Gasteiger partial charge is 0.311 e. The summed E-state index contributed by atoms with van der Waals surface area (Å²) >= 11 is 0. The van der Waals surface area contributed by atoms with Crippen molar-refractivity contribution in [2.45, 2.75) is 20.4 Å². The number of amides is 1. The highest BCUT2D eigenvalue weighted by Gasteiger charge is 2.21. The molecule has 16 heavy (non-hydrogen) atoms. The third-order valence-corrected chi connectivity index (χ3v) is 2.72. The number of para-hydroxylation sites is 1. The number of hydrogen-bond acceptors (Lipinski definition) is 2. The number of fused-ring (bicyclic) bond motifs is 1. The van der Waals surface area contributed by atoms with Crippen LogP contribution >= 0.6 is 0 Å². The van der Waals surface area contributed by atoms with E-state index >= 15 is 0 Å². The molecule has 1 aliphatic heterocycles. The molecule has 86 valence electrons. The summed E-state index contributed by atoms with van der Waals surface area (Å²) in [5.41, 5.74) is 2.26. The van der Waals surface area contributed by atoms with Gasteiger partial charge in [0, 0.05) is 18.8 Å². The van der Waals surface area contributed by atoms with Gasteiger partial charge in [0.2, 0.25) is 5.91 Å². The first-order valence-electron chi connectivity index (χ1n) is 5.77. The molecule has 1 amide bonds. The smallest absolute Gasteiger partial charge is 0.240 e. The van der Waals surface area contributed by atoms with Crippen LogP contribution < -0.4 is 10.2 Å². The lowest BCUT2D eigenvalue weighted by molar-refractivity contribution is -0.117. The fraction of sp³-hybridized carbons (Fsp3) is 0.462. The molecule has 3 heteroatoms. The monoisotopic (exact) mass is 218 g/mol. The molecule has 0 fully saturated rings. The minimum atomic E-state index is 0.165. The normalized spacial score (nSPS) is 16.2. The SMILES string of the molecule is CC(C)CN1C(=O)CNCc2ccccc21. The average molecular weight is 218 g/mol. The highest BCUT2D eigenvalue weighted by atomic mass is 16.2. The van der Waals surface area contributed by atoms with Crippen LogP contribution in [0.25, 0.3) is 0 Å². The van der Waals surface area contributed by atoms with Crippen LogP contribution in [-0.2, 0) is 11.3 Å². The molecule has 1 aromatic carbocycles. The number of anilines is 1. The highest BCUT2D eigenvalue weighted by molar-refractivity contribution is 5.96. The van der Waals surface area contributed by atoms with Gasteiger partial charge < -0.3 is 10.2 Å². The van der Waals surface area contributed by atoms with Gasteiger partial charge in [0.05, 0.1) is 6.54 Å². The second-order valence-corrected chi connectivity index (χ2v) is 4.63. The Kier molecular flexibility index (Phi) is 3.25. The third kappa shape index (κ3) is 2.25. The molecule has 0 radical (unpaired) electrons. The van der Waals surface area contributed by atoms with Crippen molar-refractivity contribution in [1.29, 1.82) is 0 Å². The zero-order chi connectivity index (χ0) is 11.5. The summed E-state index contributed by atoms with van der Waals surface area (Å²) in [7, 11) is 0. The van der Waals surface area contributed by atoms with Crippen LogP contribution in [0.15, 0.2) is 24.3 Å². The number of benzene rings is 1. The van der Waals surface area contributed by atoms with Gasteiger partial charge in [-0.15, -0.1) is 0 Å². The minimum Gasteiger partial charge on any atom is -0.311 e. The van der Waals surface area contributed by atoms with Gasteiger partial charge >= 0.3 is 0 Å². The Morgan fingerprint density at radius 2 is 2.06 bits per heavy atom. The molecule has 0 saturated carbocycles. The predicted molar refractivity (Wildman–Crippen MR) is 65.3 cm³/mol. The van der Waals surface area contributed by atoms with Gasteiger partial charge in [-0.05, 0) is 17.5 Å². The Morgan fingerprint density at radius 3 is 2.81 bits per heavy atom. The number of carbonyl (C=O) groups is 1. The molecule has 0 aliphatic carbocycles. The number of carbonyl (C=O) groups excluding carboxylic acids is 1. The highest BCUT2D eigenvalue weighted by Crippen LogP contribution is 2.23. The maximum absolute atomic E-state index is 12.0. The topological polar surface area (TPSA) is 32.3 Å². The van der Waals surface area contributed by atoms with Crippen LogP contribution in [0.2, 0.25) is 0 Å². The molecule has 0 spiro atoms. The maximum Gasteiger partial charge on any atom is 0.240 e. The Balaban J connectivity index is 2.36. The van der Waals surface area contributed by atoms with E-state index in [9.17, 15) is 4.79 Å². The molecule has 1 N–H and O–H groups in total. The fourth-order valence-electron chi connectivity index (χ4n) is 2.02. The van der Waals surface area contributed by atoms with Gasteiger partial charge in [0.25, 0.3) is 0 Å². The zero-order valence-corrected chi connectivity index (χ0v) is 9.86. The third-order valence-electron chi connectivity index (χ3n) is 2.72. The Hall–Kier alpha value is -1.35. The summed E-state index contributed by atoms with van der Waals surface area (Å²) in [6, 6.07) is 8.12. The molecule has 0 atom stereocenters. The van der Waals surface area contributed by atoms with Crippen LogP contribution in [0.4, 0.5) is 5.69 Å². The molecular formula is C13H18N2O. The molecule has 0 saturated heterocycles. The summed E-state index contributed by atoms with van der Waals surface area (Å²) in [6.07, 6.45) is 0. The second-order valence-electron chi connectivity index (χ2n) is 4.63. The van der Waals surface area contributed by atoms with Crippen LogP contribution in [0.1, 0.15) is 19.4 Å². The molecule has 2 rings (SSSR count). The minimum absolute atomic E-state index is 0.165. The Labute approximate surface area is 96.5 Å². The van der Waals surface area contributed by atoms with Gasteiger partial charge in [-0.1, -0.05) is 32.0 Å². The second kappa shape index (κ2) is 4.66. The van der Waals surface area contributed by atoms with Crippen molar-refractivity contribution in [2.24, 2.45) is 5.92 Å². The van der Waals surface area contributed by atoms with E-state index in [1.807, 2.05) is 23.1 Å². The summed E-state index contributed by atoms with van der Waals surface area (Å²) in [6.45, 7) is 6.26. The molecule has 1 aliphatic rings. The maximum atomic E-state index is 12.0. The average Bonchev–Trinajstić information content (AvgIpc) is 2.40. The number of nitrogens with zero attached hydrogens (tertiary/aromatic N) is 1. The van der Waals surface area contributed by atoms with E-state index in [0.717, 1.165) is 18.8 Å². The van der Waals surface area contributed by atoms with Crippen molar-refractivity contribution >= 4 is 11.6 Å². The van der Waals surface area contributed by atoms with Crippen LogP contribution in [0.5, 0.6) is 0 Å². The van der Waals surface area contributed by atoms with E-state index in [2.05, 4.69) is 25.2 Å². The van der Waals surface area contributed by atoms with Crippen molar-refractivity contribution in [3.63, 3.8) is 0 Å². The number of nitrogens with one attached hydrogen (secondary N) is 1. The summed E-state index contributed by atoms with van der Waals surface area (Å²) in [5, 5.41) is 3.17. The van der Waals surface area contributed by atoms with E-state index in [4.69, 9.17) is 0 Å². The predicted octanol–water partition coefficient (Wildman–Crippen LogP) is 1.78. The van der Waals surface area contributed by atoms with Gasteiger partial charge in [-0.3, -0.25) is 4.79 Å². The van der Waals surface area contributed by atoms with Crippen LogP contribution in [-0.4, -0.2) is 19.0 Å². The molecule has 1 heterocycles. The van der Waals surface area contributed by atoms with E-state index < -0.39 is 0 Å². The fourth-order valence-corrected chi connectivity index (χ4v) is 2.02. The number of rotatable bonds is 2. The molecule has 1 aromatic rings. The van der Waals surface area contributed by atoms with E-state index in [-0.39, 0.29) is 5.91 Å². The van der Waals surface area contributed by atoms with Gasteiger partial charge in [0.15, 0.2) is 0 Å². The lowest BCUT2D eigenvalue weighted by Crippen LogP contribution is -2.37. The lowest BCUT2D eigenvalue weighted by Gasteiger charge is -2.24. The van der Waals surface area contributed by atoms with Crippen molar-refractivity contribution < 1.29 is 4.79 Å². The van der Waals surface area contributed by atoms with Crippen molar-refractivity contribution in [1.82, 2.24) is 5.32 Å². The summed E-state index contributed by atoms with van der Waals surface area (Å²) < 4.78 is 0. The lowest BCUT2D eigenvalue weighted by atomic mass is 10.1. The van der Waals surface area contributed by atoms with Crippen molar-refractivity contribution in [2.75, 3.05) is 18.0 Å². The van der Waals surface area contributed by atoms with Crippen LogP contribution in [0, 0.1) is 5.92 Å². The van der Waals surface area contributed by atoms with E-state index in [0.29, 0.717) is 12.5 Å². The Bertz CT molecular complexity index is 387. The standard InChI is InChI=1S/C13H18N2O/c1-10(2)9-15-12-6-4-3-5-11(12)7-14-8-13(15)16/h3-6,10,14H,7-9H2,1-2H3. The first kappa shape index (κ1) is 11.1. The van der Waals surface area contributed by atoms with Gasteiger partial charge in [0.1, 0.15) is 0 Å². The summed E-state index contributed by atoms with van der Waals surface area (Å²) in [4.78, 5) is 13.9. The van der Waals surface area contributed by atoms with Crippen LogP contribution in [0.3, 0.4) is 0 Å². The molecule has 3 nitrogen and oxygen atoms in total. The van der Waals surface area contributed by atoms with E-state index in [1.165, 1.54) is 5.56 Å². The molecular weight excluding hydrogens is 200 g/mol. The Morgan fingerprint density at radius 1 is 1.31 bits per heavy atom. The molecule has 0 unspecified atom stereocenters. The first-order valence-corrected chi connectivity index (χ1v) is 5.77. The van der Waals surface area contributed by atoms with Gasteiger partial charge in [-0.25, -0.2) is 0 Å². The van der Waals surface area contributed by atoms with Crippen molar-refractivity contribution in [3.8, 4) is 0 Å². The first-order chi connectivity index (χ1) is 7.68. The molecule has 0 aromatic heterocycles. The molecule has 0 bridgehead atoms. The van der Waals surface area contributed by atoms with Crippen molar-refractivity contribution in [3.05, 3.63) is 29.8 Å².